The second-order valence-electron chi connectivity index (χ2n) is 4.04. The van der Waals surface area contributed by atoms with E-state index in [2.05, 4.69) is 37.8 Å². The summed E-state index contributed by atoms with van der Waals surface area (Å²) in [6.45, 7) is 4.61. The first kappa shape index (κ1) is 9.39. The average molecular weight is 194 g/mol. The van der Waals surface area contributed by atoms with Crippen molar-refractivity contribution in [3.63, 3.8) is 0 Å². The lowest BCUT2D eigenvalue weighted by atomic mass is 9.89. The largest absolute Gasteiger partial charge is 0.126 e. The van der Waals surface area contributed by atoms with Gasteiger partial charge in [-0.05, 0) is 31.1 Å². The Bertz CT molecular complexity index is 250. The van der Waals surface area contributed by atoms with Gasteiger partial charge in [0.1, 0.15) is 0 Å². The van der Waals surface area contributed by atoms with Crippen molar-refractivity contribution in [1.29, 1.82) is 0 Å². The van der Waals surface area contributed by atoms with Crippen molar-refractivity contribution < 1.29 is 0 Å². The maximum atomic E-state index is 2.43. The Morgan fingerprint density at radius 1 is 1.54 bits per heavy atom. The first-order valence-corrected chi connectivity index (χ1v) is 6.24. The molecule has 0 aromatic carbocycles. The highest BCUT2D eigenvalue weighted by Crippen LogP contribution is 2.47. The molecular formula is C12H18S. The highest BCUT2D eigenvalue weighted by molar-refractivity contribution is 8.04. The van der Waals surface area contributed by atoms with Crippen LogP contribution in [0.15, 0.2) is 22.6 Å². The van der Waals surface area contributed by atoms with E-state index in [9.17, 15) is 0 Å². The predicted octanol–water partition coefficient (Wildman–Crippen LogP) is 4.14. The molecule has 1 aliphatic heterocycles. The molecule has 2 aliphatic rings. The van der Waals surface area contributed by atoms with Gasteiger partial charge in [-0.1, -0.05) is 31.1 Å². The zero-order chi connectivity index (χ0) is 9.26. The fourth-order valence-electron chi connectivity index (χ4n) is 2.31. The summed E-state index contributed by atoms with van der Waals surface area (Å²) < 4.78 is 0. The molecule has 13 heavy (non-hydrogen) atoms. The molecule has 0 bridgehead atoms. The van der Waals surface area contributed by atoms with Crippen molar-refractivity contribution in [3.05, 3.63) is 22.6 Å². The van der Waals surface area contributed by atoms with Gasteiger partial charge in [0, 0.05) is 11.2 Å². The highest BCUT2D eigenvalue weighted by atomic mass is 32.2. The number of thioether (sulfide) groups is 1. The number of allylic oxidation sites excluding steroid dienone is 4. The summed E-state index contributed by atoms with van der Waals surface area (Å²) in [6, 6.07) is 0. The van der Waals surface area contributed by atoms with Crippen LogP contribution >= 0.6 is 11.8 Å². The molecule has 0 aromatic heterocycles. The van der Waals surface area contributed by atoms with E-state index in [1.165, 1.54) is 25.7 Å². The summed E-state index contributed by atoms with van der Waals surface area (Å²) in [5.74, 6) is 0.778. The maximum Gasteiger partial charge on any atom is 0.0194 e. The fourth-order valence-corrected chi connectivity index (χ4v) is 4.01. The maximum absolute atomic E-state index is 2.43. The van der Waals surface area contributed by atoms with E-state index in [-0.39, 0.29) is 0 Å². The van der Waals surface area contributed by atoms with Crippen LogP contribution in [-0.4, -0.2) is 5.25 Å². The van der Waals surface area contributed by atoms with Crippen LogP contribution in [0, 0.1) is 5.92 Å². The van der Waals surface area contributed by atoms with Crippen molar-refractivity contribution >= 4 is 11.8 Å². The van der Waals surface area contributed by atoms with Crippen LogP contribution in [-0.2, 0) is 0 Å². The molecule has 1 aliphatic carbocycles. The molecule has 0 radical (unpaired) electrons. The van der Waals surface area contributed by atoms with Gasteiger partial charge in [-0.25, -0.2) is 0 Å². The Kier molecular flexibility index (Phi) is 2.83. The average Bonchev–Trinajstić information content (AvgIpc) is 2.46. The van der Waals surface area contributed by atoms with Gasteiger partial charge in [-0.15, -0.1) is 11.8 Å². The molecule has 0 saturated heterocycles. The molecule has 1 heteroatoms. The molecule has 72 valence electrons. The molecule has 0 N–H and O–H groups in total. The quantitative estimate of drug-likeness (QED) is 0.595. The lowest BCUT2D eigenvalue weighted by Gasteiger charge is -2.20. The fraction of sp³-hybridized carbons (Fsp3) is 0.667. The van der Waals surface area contributed by atoms with Gasteiger partial charge >= 0.3 is 0 Å². The molecule has 1 heterocycles. The minimum atomic E-state index is 0.778. The second kappa shape index (κ2) is 3.91. The van der Waals surface area contributed by atoms with E-state index < -0.39 is 0 Å². The SMILES string of the molecule is CCCC1=C(C)C2C=CCCC2S1. The Balaban J connectivity index is 2.14. The lowest BCUT2D eigenvalue weighted by Crippen LogP contribution is -2.14. The third-order valence-electron chi connectivity index (χ3n) is 3.07. The third-order valence-corrected chi connectivity index (χ3v) is 4.71. The van der Waals surface area contributed by atoms with Crippen molar-refractivity contribution in [3.8, 4) is 0 Å². The summed E-state index contributed by atoms with van der Waals surface area (Å²) >= 11 is 2.16. The van der Waals surface area contributed by atoms with E-state index in [1.807, 2.05) is 0 Å². The van der Waals surface area contributed by atoms with E-state index in [0.717, 1.165) is 11.2 Å². The highest BCUT2D eigenvalue weighted by Gasteiger charge is 2.31. The van der Waals surface area contributed by atoms with E-state index in [0.29, 0.717) is 0 Å². The van der Waals surface area contributed by atoms with Gasteiger partial charge in [-0.3, -0.25) is 0 Å². The smallest absolute Gasteiger partial charge is 0.0194 e. The summed E-state index contributed by atoms with van der Waals surface area (Å²) in [5, 5.41) is 0.881. The standard InChI is InChI=1S/C12H18S/c1-3-6-11-9(2)10-7-4-5-8-12(10)13-11/h4,7,10,12H,3,5-6,8H2,1-2H3. The number of fused-ring (bicyclic) bond motifs is 1. The number of hydrogen-bond acceptors (Lipinski definition) is 1. The molecule has 2 rings (SSSR count). The van der Waals surface area contributed by atoms with Gasteiger partial charge in [0.25, 0.3) is 0 Å². The molecule has 2 unspecified atom stereocenters. The minimum Gasteiger partial charge on any atom is -0.126 e. The zero-order valence-electron chi connectivity index (χ0n) is 8.55. The van der Waals surface area contributed by atoms with Gasteiger partial charge in [-0.2, -0.15) is 0 Å². The van der Waals surface area contributed by atoms with Gasteiger partial charge < -0.3 is 0 Å². The lowest BCUT2D eigenvalue weighted by molar-refractivity contribution is 0.633. The van der Waals surface area contributed by atoms with Crippen molar-refractivity contribution in [1.82, 2.24) is 0 Å². The molecule has 0 nitrogen and oxygen atoms in total. The Morgan fingerprint density at radius 2 is 2.38 bits per heavy atom. The molecule has 0 aromatic rings. The van der Waals surface area contributed by atoms with Crippen molar-refractivity contribution in [2.24, 2.45) is 5.92 Å². The Hall–Kier alpha value is -0.170. The monoisotopic (exact) mass is 194 g/mol. The van der Waals surface area contributed by atoms with Crippen LogP contribution in [0.4, 0.5) is 0 Å². The van der Waals surface area contributed by atoms with Gasteiger partial charge in [0.2, 0.25) is 0 Å². The minimum absolute atomic E-state index is 0.778. The van der Waals surface area contributed by atoms with E-state index in [1.54, 1.807) is 10.5 Å². The third kappa shape index (κ3) is 1.71. The Morgan fingerprint density at radius 3 is 3.08 bits per heavy atom. The van der Waals surface area contributed by atoms with Crippen LogP contribution in [0.1, 0.15) is 39.5 Å². The summed E-state index contributed by atoms with van der Waals surface area (Å²) in [7, 11) is 0. The molecular weight excluding hydrogens is 176 g/mol. The molecule has 0 fully saturated rings. The van der Waals surface area contributed by atoms with E-state index in [4.69, 9.17) is 0 Å². The van der Waals surface area contributed by atoms with Gasteiger partial charge in [0.15, 0.2) is 0 Å². The van der Waals surface area contributed by atoms with Gasteiger partial charge in [0.05, 0.1) is 0 Å². The van der Waals surface area contributed by atoms with Crippen LogP contribution in [0.25, 0.3) is 0 Å². The predicted molar refractivity (Wildman–Crippen MR) is 60.9 cm³/mol. The van der Waals surface area contributed by atoms with Crippen LogP contribution in [0.5, 0.6) is 0 Å². The van der Waals surface area contributed by atoms with Crippen LogP contribution in [0.2, 0.25) is 0 Å². The topological polar surface area (TPSA) is 0 Å². The van der Waals surface area contributed by atoms with Crippen molar-refractivity contribution in [2.45, 2.75) is 44.8 Å². The van der Waals surface area contributed by atoms with E-state index >= 15 is 0 Å². The molecule has 0 saturated carbocycles. The summed E-state index contributed by atoms with van der Waals surface area (Å²) in [6.07, 6.45) is 10.1. The molecule has 2 atom stereocenters. The van der Waals surface area contributed by atoms with Crippen LogP contribution < -0.4 is 0 Å². The summed E-state index contributed by atoms with van der Waals surface area (Å²) in [5.41, 5.74) is 1.66. The Labute approximate surface area is 85.5 Å². The van der Waals surface area contributed by atoms with Crippen molar-refractivity contribution in [2.75, 3.05) is 0 Å². The van der Waals surface area contributed by atoms with Crippen LogP contribution in [0.3, 0.4) is 0 Å². The molecule has 0 spiro atoms. The first-order chi connectivity index (χ1) is 6.33. The number of rotatable bonds is 2. The second-order valence-corrected chi connectivity index (χ2v) is 5.38. The molecule has 0 amide bonds. The summed E-state index contributed by atoms with van der Waals surface area (Å²) in [4.78, 5) is 1.68. The number of hydrogen-bond donors (Lipinski definition) is 0. The normalized spacial score (nSPS) is 32.5. The zero-order valence-corrected chi connectivity index (χ0v) is 9.36. The first-order valence-electron chi connectivity index (χ1n) is 5.36.